The number of rotatable bonds is 4. The third-order valence-corrected chi connectivity index (χ3v) is 4.31. The first kappa shape index (κ1) is 19.3. The van der Waals surface area contributed by atoms with Gasteiger partial charge in [0.05, 0.1) is 5.92 Å². The van der Waals surface area contributed by atoms with Gasteiger partial charge in [0.15, 0.2) is 11.5 Å². The molecule has 1 aromatic carbocycles. The van der Waals surface area contributed by atoms with Crippen LogP contribution in [0.3, 0.4) is 0 Å². The summed E-state index contributed by atoms with van der Waals surface area (Å²) >= 11 is 0. The van der Waals surface area contributed by atoms with Crippen LogP contribution >= 0.6 is 12.4 Å². The minimum Gasteiger partial charge on any atom is -0.486 e. The molecule has 2 heterocycles. The Balaban J connectivity index is 0.00000225. The molecular formula is C17H24ClN3O4. The minimum absolute atomic E-state index is 0. The van der Waals surface area contributed by atoms with Gasteiger partial charge in [0.25, 0.3) is 5.91 Å². The first-order valence-electron chi connectivity index (χ1n) is 8.35. The molecule has 0 bridgehead atoms. The molecule has 1 saturated heterocycles. The van der Waals surface area contributed by atoms with Crippen molar-refractivity contribution in [2.24, 2.45) is 11.7 Å². The number of nitrogens with two attached hydrogens (primary N) is 1. The van der Waals surface area contributed by atoms with Crippen molar-refractivity contribution in [3.63, 3.8) is 0 Å². The summed E-state index contributed by atoms with van der Waals surface area (Å²) in [7, 11) is 0. The van der Waals surface area contributed by atoms with Gasteiger partial charge >= 0.3 is 0 Å². The second-order valence-corrected chi connectivity index (χ2v) is 6.03. The summed E-state index contributed by atoms with van der Waals surface area (Å²) in [5.41, 5.74) is 5.97. The Labute approximate surface area is 153 Å². The first-order valence-corrected chi connectivity index (χ1v) is 8.35. The molecule has 0 radical (unpaired) electrons. The highest BCUT2D eigenvalue weighted by Crippen LogP contribution is 2.31. The van der Waals surface area contributed by atoms with Gasteiger partial charge in [-0.3, -0.25) is 9.59 Å². The number of nitrogens with zero attached hydrogens (tertiary/aromatic N) is 1. The fourth-order valence-electron chi connectivity index (χ4n) is 3.07. The Morgan fingerprint density at radius 2 is 2.00 bits per heavy atom. The molecule has 2 aliphatic rings. The van der Waals surface area contributed by atoms with Crippen molar-refractivity contribution in [3.8, 4) is 11.5 Å². The van der Waals surface area contributed by atoms with Crippen LogP contribution in [0.2, 0.25) is 0 Å². The Hall–Kier alpha value is -1.99. The van der Waals surface area contributed by atoms with E-state index in [2.05, 4.69) is 5.32 Å². The highest BCUT2D eigenvalue weighted by molar-refractivity contribution is 5.95. The van der Waals surface area contributed by atoms with Gasteiger partial charge in [-0.15, -0.1) is 12.4 Å². The maximum absolute atomic E-state index is 12.7. The predicted molar refractivity (Wildman–Crippen MR) is 95.4 cm³/mol. The molecule has 8 heteroatoms. The summed E-state index contributed by atoms with van der Waals surface area (Å²) < 4.78 is 11.0. The molecule has 7 nitrogen and oxygen atoms in total. The van der Waals surface area contributed by atoms with Gasteiger partial charge in [0.1, 0.15) is 13.2 Å². The summed E-state index contributed by atoms with van der Waals surface area (Å²) in [6.07, 6.45) is 1.61. The van der Waals surface area contributed by atoms with Crippen molar-refractivity contribution in [1.82, 2.24) is 10.2 Å². The molecule has 0 aliphatic carbocycles. The number of piperidine rings is 1. The Kier molecular flexibility index (Phi) is 6.90. The van der Waals surface area contributed by atoms with Crippen LogP contribution < -0.4 is 20.5 Å². The van der Waals surface area contributed by atoms with Crippen molar-refractivity contribution in [3.05, 3.63) is 23.8 Å². The van der Waals surface area contributed by atoms with Gasteiger partial charge in [-0.05, 0) is 31.0 Å². The standard InChI is InChI=1S/C17H23N3O4.ClH/c18-5-6-19-16(21)13-2-1-7-20(11-13)17(22)12-3-4-14-15(10-12)24-9-8-23-14;/h3-4,10,13H,1-2,5-9,11,18H2,(H,19,21);1H. The number of halogens is 1. The van der Waals surface area contributed by atoms with E-state index in [1.807, 2.05) is 0 Å². The van der Waals surface area contributed by atoms with Crippen LogP contribution in [0.5, 0.6) is 11.5 Å². The zero-order valence-corrected chi connectivity index (χ0v) is 14.8. The van der Waals surface area contributed by atoms with Gasteiger partial charge < -0.3 is 25.4 Å². The lowest BCUT2D eigenvalue weighted by Gasteiger charge is -2.32. The Morgan fingerprint density at radius 1 is 1.24 bits per heavy atom. The van der Waals surface area contributed by atoms with Crippen LogP contribution in [0.15, 0.2) is 18.2 Å². The van der Waals surface area contributed by atoms with E-state index in [4.69, 9.17) is 15.2 Å². The monoisotopic (exact) mass is 369 g/mol. The molecule has 1 aromatic rings. The number of amides is 2. The molecule has 25 heavy (non-hydrogen) atoms. The van der Waals surface area contributed by atoms with E-state index in [1.165, 1.54) is 0 Å². The van der Waals surface area contributed by atoms with Crippen molar-refractivity contribution < 1.29 is 19.1 Å². The fourth-order valence-corrected chi connectivity index (χ4v) is 3.07. The summed E-state index contributed by atoms with van der Waals surface area (Å²) in [4.78, 5) is 26.6. The van der Waals surface area contributed by atoms with E-state index < -0.39 is 0 Å². The van der Waals surface area contributed by atoms with E-state index in [1.54, 1.807) is 23.1 Å². The van der Waals surface area contributed by atoms with Gasteiger partial charge in [0.2, 0.25) is 5.91 Å². The maximum atomic E-state index is 12.7. The predicted octanol–water partition coefficient (Wildman–Crippen LogP) is 0.807. The molecule has 3 N–H and O–H groups in total. The quantitative estimate of drug-likeness (QED) is 0.819. The number of hydrogen-bond donors (Lipinski definition) is 2. The van der Waals surface area contributed by atoms with Crippen molar-refractivity contribution in [2.75, 3.05) is 39.4 Å². The molecule has 2 aliphatic heterocycles. The highest BCUT2D eigenvalue weighted by atomic mass is 35.5. The molecule has 1 atom stereocenters. The number of benzene rings is 1. The number of carbonyl (C=O) groups excluding carboxylic acids is 2. The number of hydrogen-bond acceptors (Lipinski definition) is 5. The molecule has 1 unspecified atom stereocenters. The SMILES string of the molecule is Cl.NCCNC(=O)C1CCCN(C(=O)c2ccc3c(c2)OCCO3)C1. The van der Waals surface area contributed by atoms with Crippen molar-refractivity contribution >= 4 is 24.2 Å². The maximum Gasteiger partial charge on any atom is 0.254 e. The second kappa shape index (κ2) is 8.92. The van der Waals surface area contributed by atoms with E-state index in [9.17, 15) is 9.59 Å². The number of likely N-dealkylation sites (tertiary alicyclic amines) is 1. The number of nitrogens with one attached hydrogen (secondary N) is 1. The topological polar surface area (TPSA) is 93.9 Å². The Bertz CT molecular complexity index is 626. The second-order valence-electron chi connectivity index (χ2n) is 6.03. The smallest absolute Gasteiger partial charge is 0.254 e. The summed E-state index contributed by atoms with van der Waals surface area (Å²) in [6.45, 7) is 2.98. The highest BCUT2D eigenvalue weighted by Gasteiger charge is 2.29. The van der Waals surface area contributed by atoms with Crippen LogP contribution in [-0.2, 0) is 4.79 Å². The molecule has 0 aromatic heterocycles. The summed E-state index contributed by atoms with van der Waals surface area (Å²) in [5.74, 6) is 0.978. The normalized spacial score (nSPS) is 18.9. The third kappa shape index (κ3) is 4.55. The summed E-state index contributed by atoms with van der Waals surface area (Å²) in [6, 6.07) is 5.22. The van der Waals surface area contributed by atoms with E-state index in [-0.39, 0.29) is 30.1 Å². The third-order valence-electron chi connectivity index (χ3n) is 4.31. The molecule has 3 rings (SSSR count). The zero-order valence-electron chi connectivity index (χ0n) is 14.0. The fraction of sp³-hybridized carbons (Fsp3) is 0.529. The first-order chi connectivity index (χ1) is 11.7. The van der Waals surface area contributed by atoms with Crippen LogP contribution in [0.25, 0.3) is 0 Å². The molecule has 2 amide bonds. The van der Waals surface area contributed by atoms with E-state index in [0.29, 0.717) is 56.5 Å². The van der Waals surface area contributed by atoms with Crippen molar-refractivity contribution in [1.29, 1.82) is 0 Å². The van der Waals surface area contributed by atoms with Gasteiger partial charge in [-0.25, -0.2) is 0 Å². The lowest BCUT2D eigenvalue weighted by Crippen LogP contribution is -2.46. The number of ether oxygens (including phenoxy) is 2. The van der Waals surface area contributed by atoms with Crippen LogP contribution in [-0.4, -0.2) is 56.1 Å². The molecular weight excluding hydrogens is 346 g/mol. The lowest BCUT2D eigenvalue weighted by molar-refractivity contribution is -0.126. The van der Waals surface area contributed by atoms with Crippen LogP contribution in [0.4, 0.5) is 0 Å². The average molecular weight is 370 g/mol. The van der Waals surface area contributed by atoms with Crippen LogP contribution in [0.1, 0.15) is 23.2 Å². The minimum atomic E-state index is -0.175. The largest absolute Gasteiger partial charge is 0.486 e. The average Bonchev–Trinajstić information content (AvgIpc) is 2.65. The lowest BCUT2D eigenvalue weighted by atomic mass is 9.96. The van der Waals surface area contributed by atoms with Crippen molar-refractivity contribution in [2.45, 2.75) is 12.8 Å². The molecule has 1 fully saturated rings. The molecule has 0 saturated carbocycles. The van der Waals surface area contributed by atoms with E-state index in [0.717, 1.165) is 12.8 Å². The van der Waals surface area contributed by atoms with Gasteiger partial charge in [0, 0.05) is 31.7 Å². The Morgan fingerprint density at radius 3 is 2.76 bits per heavy atom. The zero-order chi connectivity index (χ0) is 16.9. The summed E-state index contributed by atoms with van der Waals surface area (Å²) in [5, 5.41) is 2.80. The van der Waals surface area contributed by atoms with Crippen LogP contribution in [0, 0.1) is 5.92 Å². The molecule has 0 spiro atoms. The number of fused-ring (bicyclic) bond motifs is 1. The van der Waals surface area contributed by atoms with E-state index >= 15 is 0 Å². The van der Waals surface area contributed by atoms with Gasteiger partial charge in [-0.1, -0.05) is 0 Å². The number of carbonyl (C=O) groups is 2. The molecule has 138 valence electrons. The van der Waals surface area contributed by atoms with Gasteiger partial charge in [-0.2, -0.15) is 0 Å².